The second-order valence-corrected chi connectivity index (χ2v) is 7.49. The Hall–Kier alpha value is -2.08. The average Bonchev–Trinajstić information content (AvgIpc) is 3.02. The highest BCUT2D eigenvalue weighted by atomic mass is 16.2. The summed E-state index contributed by atoms with van der Waals surface area (Å²) in [6.07, 6.45) is 3.58. The Morgan fingerprint density at radius 3 is 2.68 bits per heavy atom. The third-order valence-corrected chi connectivity index (χ3v) is 5.65. The molecular formula is C19H28N4O2. The monoisotopic (exact) mass is 344 g/mol. The van der Waals surface area contributed by atoms with Crippen molar-refractivity contribution >= 4 is 11.9 Å². The van der Waals surface area contributed by atoms with Gasteiger partial charge in [0, 0.05) is 19.6 Å². The summed E-state index contributed by atoms with van der Waals surface area (Å²) in [5.74, 6) is 0.0843. The number of carbonyl (C=O) groups is 2. The van der Waals surface area contributed by atoms with Crippen LogP contribution in [0, 0.1) is 12.3 Å². The van der Waals surface area contributed by atoms with E-state index in [-0.39, 0.29) is 18.4 Å². The molecule has 0 aromatic heterocycles. The van der Waals surface area contributed by atoms with Gasteiger partial charge in [0.15, 0.2) is 0 Å². The number of hydrogen-bond donors (Lipinski definition) is 3. The summed E-state index contributed by atoms with van der Waals surface area (Å²) in [5.41, 5.74) is 7.72. The standard InChI is InChI=1S/C19H28N4O2/c1-14-3-2-4-15(11-14)16(22-18(20)25)12-17(24)23-9-6-19(7-10-23)5-8-21-13-19/h2-4,11,16,21H,5-10,12-13H2,1H3,(H3,20,22,25). The lowest BCUT2D eigenvalue weighted by Crippen LogP contribution is -2.45. The lowest BCUT2D eigenvalue weighted by atomic mass is 9.78. The first-order valence-corrected chi connectivity index (χ1v) is 9.08. The van der Waals surface area contributed by atoms with Gasteiger partial charge in [-0.1, -0.05) is 29.8 Å². The summed E-state index contributed by atoms with van der Waals surface area (Å²) in [6.45, 7) is 5.76. The molecule has 0 bridgehead atoms. The quantitative estimate of drug-likeness (QED) is 0.777. The van der Waals surface area contributed by atoms with E-state index in [9.17, 15) is 9.59 Å². The number of piperidine rings is 1. The predicted octanol–water partition coefficient (Wildman–Crippen LogP) is 1.70. The second-order valence-electron chi connectivity index (χ2n) is 7.49. The molecule has 0 radical (unpaired) electrons. The molecule has 136 valence electrons. The van der Waals surface area contributed by atoms with Gasteiger partial charge >= 0.3 is 6.03 Å². The van der Waals surface area contributed by atoms with Crippen molar-refractivity contribution in [3.8, 4) is 0 Å². The molecule has 2 aliphatic heterocycles. The minimum atomic E-state index is -0.603. The summed E-state index contributed by atoms with van der Waals surface area (Å²) < 4.78 is 0. The molecule has 0 saturated carbocycles. The van der Waals surface area contributed by atoms with E-state index in [1.165, 1.54) is 6.42 Å². The fourth-order valence-electron chi connectivity index (χ4n) is 4.07. The van der Waals surface area contributed by atoms with Crippen molar-refractivity contribution in [3.05, 3.63) is 35.4 Å². The first-order valence-electron chi connectivity index (χ1n) is 9.08. The number of aryl methyl sites for hydroxylation is 1. The summed E-state index contributed by atoms with van der Waals surface area (Å²) in [5, 5.41) is 6.17. The van der Waals surface area contributed by atoms with Crippen LogP contribution < -0.4 is 16.4 Å². The number of benzene rings is 1. The van der Waals surface area contributed by atoms with Gasteiger partial charge in [-0.15, -0.1) is 0 Å². The molecular weight excluding hydrogens is 316 g/mol. The van der Waals surface area contributed by atoms with Crippen LogP contribution in [0.4, 0.5) is 4.79 Å². The van der Waals surface area contributed by atoms with E-state index < -0.39 is 6.03 Å². The van der Waals surface area contributed by atoms with Crippen molar-refractivity contribution in [2.45, 2.75) is 38.6 Å². The maximum absolute atomic E-state index is 12.8. The minimum absolute atomic E-state index is 0.0843. The summed E-state index contributed by atoms with van der Waals surface area (Å²) in [7, 11) is 0. The summed E-state index contributed by atoms with van der Waals surface area (Å²) in [4.78, 5) is 26.1. The Kier molecular flexibility index (Phi) is 5.27. The zero-order valence-corrected chi connectivity index (χ0v) is 14.9. The number of rotatable bonds is 4. The van der Waals surface area contributed by atoms with E-state index >= 15 is 0 Å². The predicted molar refractivity (Wildman–Crippen MR) is 97.0 cm³/mol. The molecule has 1 unspecified atom stereocenters. The van der Waals surface area contributed by atoms with Crippen LogP contribution in [-0.4, -0.2) is 43.0 Å². The molecule has 2 aliphatic rings. The first kappa shape index (κ1) is 17.7. The Bertz CT molecular complexity index is 630. The van der Waals surface area contributed by atoms with E-state index in [0.717, 1.165) is 50.1 Å². The van der Waals surface area contributed by atoms with Crippen molar-refractivity contribution in [2.24, 2.45) is 11.1 Å². The molecule has 1 aromatic rings. The van der Waals surface area contributed by atoms with Crippen molar-refractivity contribution in [2.75, 3.05) is 26.2 Å². The molecule has 3 rings (SSSR count). The Labute approximate surface area is 149 Å². The Balaban J connectivity index is 1.63. The number of nitrogens with two attached hydrogens (primary N) is 1. The zero-order valence-electron chi connectivity index (χ0n) is 14.9. The molecule has 2 saturated heterocycles. The molecule has 2 fully saturated rings. The lowest BCUT2D eigenvalue weighted by Gasteiger charge is -2.39. The molecule has 1 aromatic carbocycles. The van der Waals surface area contributed by atoms with Crippen LogP contribution in [0.3, 0.4) is 0 Å². The maximum Gasteiger partial charge on any atom is 0.312 e. The lowest BCUT2D eigenvalue weighted by molar-refractivity contribution is -0.133. The van der Waals surface area contributed by atoms with Crippen LogP contribution in [0.1, 0.15) is 42.9 Å². The third kappa shape index (κ3) is 4.31. The fraction of sp³-hybridized carbons (Fsp3) is 0.579. The zero-order chi connectivity index (χ0) is 17.9. The Morgan fingerprint density at radius 2 is 2.08 bits per heavy atom. The molecule has 1 atom stereocenters. The number of urea groups is 1. The van der Waals surface area contributed by atoms with Crippen molar-refractivity contribution < 1.29 is 9.59 Å². The highest BCUT2D eigenvalue weighted by Gasteiger charge is 2.38. The van der Waals surface area contributed by atoms with Gasteiger partial charge in [0.2, 0.25) is 5.91 Å². The van der Waals surface area contributed by atoms with Gasteiger partial charge in [0.25, 0.3) is 0 Å². The normalized spacial score (nSPS) is 20.4. The Morgan fingerprint density at radius 1 is 1.32 bits per heavy atom. The molecule has 2 heterocycles. The van der Waals surface area contributed by atoms with Gasteiger partial charge in [-0.25, -0.2) is 4.79 Å². The highest BCUT2D eigenvalue weighted by molar-refractivity contribution is 5.79. The number of amides is 3. The number of hydrogen-bond acceptors (Lipinski definition) is 3. The van der Waals surface area contributed by atoms with Crippen molar-refractivity contribution in [1.29, 1.82) is 0 Å². The largest absolute Gasteiger partial charge is 0.352 e. The van der Waals surface area contributed by atoms with Crippen molar-refractivity contribution in [1.82, 2.24) is 15.5 Å². The van der Waals surface area contributed by atoms with Gasteiger partial charge in [0.05, 0.1) is 12.5 Å². The summed E-state index contributed by atoms with van der Waals surface area (Å²) >= 11 is 0. The van der Waals surface area contributed by atoms with Crippen LogP contribution >= 0.6 is 0 Å². The molecule has 25 heavy (non-hydrogen) atoms. The topological polar surface area (TPSA) is 87.5 Å². The number of likely N-dealkylation sites (tertiary alicyclic amines) is 1. The smallest absolute Gasteiger partial charge is 0.312 e. The van der Waals surface area contributed by atoms with Gasteiger partial charge in [0.1, 0.15) is 0 Å². The van der Waals surface area contributed by atoms with Crippen LogP contribution in [0.25, 0.3) is 0 Å². The van der Waals surface area contributed by atoms with Gasteiger partial charge in [-0.2, -0.15) is 0 Å². The van der Waals surface area contributed by atoms with Crippen LogP contribution in [-0.2, 0) is 4.79 Å². The van der Waals surface area contributed by atoms with E-state index in [4.69, 9.17) is 5.73 Å². The molecule has 3 amide bonds. The SMILES string of the molecule is Cc1cccc(C(CC(=O)N2CCC3(CCNC3)CC2)NC(N)=O)c1. The molecule has 6 nitrogen and oxygen atoms in total. The molecule has 1 spiro atoms. The molecule has 6 heteroatoms. The van der Waals surface area contributed by atoms with E-state index in [1.54, 1.807) is 0 Å². The number of primary amides is 1. The number of nitrogens with one attached hydrogen (secondary N) is 2. The number of nitrogens with zero attached hydrogens (tertiary/aromatic N) is 1. The fourth-order valence-corrected chi connectivity index (χ4v) is 4.07. The minimum Gasteiger partial charge on any atom is -0.352 e. The van der Waals surface area contributed by atoms with Gasteiger partial charge in [-0.05, 0) is 43.7 Å². The van der Waals surface area contributed by atoms with E-state index in [0.29, 0.717) is 5.41 Å². The maximum atomic E-state index is 12.8. The van der Waals surface area contributed by atoms with E-state index in [2.05, 4.69) is 10.6 Å². The van der Waals surface area contributed by atoms with E-state index in [1.807, 2.05) is 36.1 Å². The summed E-state index contributed by atoms with van der Waals surface area (Å²) in [6, 6.07) is 6.86. The van der Waals surface area contributed by atoms with Crippen LogP contribution in [0.2, 0.25) is 0 Å². The highest BCUT2D eigenvalue weighted by Crippen LogP contribution is 2.37. The number of carbonyl (C=O) groups excluding carboxylic acids is 2. The van der Waals surface area contributed by atoms with Gasteiger partial charge in [-0.3, -0.25) is 4.79 Å². The second kappa shape index (κ2) is 7.44. The van der Waals surface area contributed by atoms with Crippen molar-refractivity contribution in [3.63, 3.8) is 0 Å². The van der Waals surface area contributed by atoms with Crippen LogP contribution in [0.15, 0.2) is 24.3 Å². The van der Waals surface area contributed by atoms with Crippen LogP contribution in [0.5, 0.6) is 0 Å². The third-order valence-electron chi connectivity index (χ3n) is 5.65. The van der Waals surface area contributed by atoms with Gasteiger partial charge < -0.3 is 21.3 Å². The molecule has 0 aliphatic carbocycles. The first-order chi connectivity index (χ1) is 12.0. The average molecular weight is 344 g/mol. The molecule has 4 N–H and O–H groups in total.